The highest BCUT2D eigenvalue weighted by Crippen LogP contribution is 2.23. The number of carbonyl (C=O) groups excluding carboxylic acids is 1. The van der Waals surface area contributed by atoms with Crippen molar-refractivity contribution in [2.24, 2.45) is 0 Å². The Bertz CT molecular complexity index is 841. The number of pyridine rings is 1. The molecule has 4 heteroatoms. The van der Waals surface area contributed by atoms with Gasteiger partial charge in [0, 0.05) is 18.6 Å². The summed E-state index contributed by atoms with van der Waals surface area (Å²) in [5.41, 5.74) is 4.01. The summed E-state index contributed by atoms with van der Waals surface area (Å²) < 4.78 is 7.65. The van der Waals surface area contributed by atoms with Gasteiger partial charge in [-0.15, -0.1) is 0 Å². The Balaban J connectivity index is 1.63. The van der Waals surface area contributed by atoms with Gasteiger partial charge >= 0.3 is 6.09 Å². The second-order valence-electron chi connectivity index (χ2n) is 8.86. The smallest absolute Gasteiger partial charge is 0.407 e. The van der Waals surface area contributed by atoms with E-state index in [1.165, 1.54) is 12.0 Å². The molecule has 0 saturated carbocycles. The largest absolute Gasteiger partial charge is 0.450 e. The van der Waals surface area contributed by atoms with Crippen molar-refractivity contribution in [3.63, 3.8) is 0 Å². The van der Waals surface area contributed by atoms with Crippen molar-refractivity contribution in [1.82, 2.24) is 5.32 Å². The Morgan fingerprint density at radius 2 is 1.81 bits per heavy atom. The maximum absolute atomic E-state index is 12.2. The van der Waals surface area contributed by atoms with E-state index < -0.39 is 5.54 Å². The van der Waals surface area contributed by atoms with E-state index in [1.807, 2.05) is 39.0 Å². The van der Waals surface area contributed by atoms with E-state index in [2.05, 4.69) is 54.0 Å². The summed E-state index contributed by atoms with van der Waals surface area (Å²) >= 11 is 0. The number of carbonyl (C=O) groups is 1. The van der Waals surface area contributed by atoms with E-state index in [0.29, 0.717) is 6.61 Å². The van der Waals surface area contributed by atoms with Crippen molar-refractivity contribution in [1.29, 1.82) is 0 Å². The quantitative estimate of drug-likeness (QED) is 0.327. The number of hydrogen-bond acceptors (Lipinski definition) is 2. The minimum Gasteiger partial charge on any atom is -0.450 e. The van der Waals surface area contributed by atoms with Crippen molar-refractivity contribution in [2.45, 2.75) is 78.3 Å². The molecule has 0 spiro atoms. The number of aromatic nitrogens is 1. The van der Waals surface area contributed by atoms with Gasteiger partial charge in [-0.3, -0.25) is 0 Å². The van der Waals surface area contributed by atoms with E-state index in [-0.39, 0.29) is 6.09 Å². The number of aryl methyl sites for hydroxylation is 2. The fourth-order valence-electron chi connectivity index (χ4n) is 3.54. The summed E-state index contributed by atoms with van der Waals surface area (Å²) in [6.45, 7) is 13.6. The van der Waals surface area contributed by atoms with E-state index in [1.54, 1.807) is 0 Å². The summed E-state index contributed by atoms with van der Waals surface area (Å²) in [5, 5.41) is 2.98. The molecule has 1 aromatic heterocycles. The number of ether oxygens (including phenoxy) is 1. The molecule has 0 fully saturated rings. The molecular weight excluding hydrogens is 384 g/mol. The van der Waals surface area contributed by atoms with Crippen molar-refractivity contribution < 1.29 is 14.1 Å². The molecule has 4 nitrogen and oxygen atoms in total. The molecule has 0 aliphatic rings. The SMILES string of the molecule is C=C(C)c1cccc(C(C)(C)NC(=O)OCCCCCC[n+]2ccc(CCC)cc2)c1. The molecule has 1 amide bonds. The third kappa shape index (κ3) is 8.56. The fraction of sp³-hybridized carbons (Fsp3) is 0.481. The Hall–Kier alpha value is -2.62. The molecule has 31 heavy (non-hydrogen) atoms. The molecule has 168 valence electrons. The topological polar surface area (TPSA) is 42.2 Å². The highest BCUT2D eigenvalue weighted by atomic mass is 16.5. The molecule has 1 N–H and O–H groups in total. The van der Waals surface area contributed by atoms with Gasteiger partial charge in [0.05, 0.1) is 12.1 Å². The molecule has 0 bridgehead atoms. The van der Waals surface area contributed by atoms with Crippen LogP contribution in [-0.4, -0.2) is 12.7 Å². The molecule has 1 aromatic carbocycles. The maximum atomic E-state index is 12.2. The van der Waals surface area contributed by atoms with Crippen molar-refractivity contribution >= 4 is 11.7 Å². The lowest BCUT2D eigenvalue weighted by atomic mass is 9.92. The molecule has 1 heterocycles. The number of unbranched alkanes of at least 4 members (excludes halogenated alkanes) is 3. The van der Waals surface area contributed by atoms with Crippen LogP contribution < -0.4 is 9.88 Å². The van der Waals surface area contributed by atoms with Crippen molar-refractivity contribution in [2.75, 3.05) is 6.61 Å². The summed E-state index contributed by atoms with van der Waals surface area (Å²) in [5.74, 6) is 0. The number of hydrogen-bond donors (Lipinski definition) is 1. The normalized spacial score (nSPS) is 11.2. The van der Waals surface area contributed by atoms with E-state index >= 15 is 0 Å². The van der Waals surface area contributed by atoms with Crippen LogP contribution >= 0.6 is 0 Å². The van der Waals surface area contributed by atoms with Gasteiger partial charge in [-0.2, -0.15) is 0 Å². The van der Waals surface area contributed by atoms with Gasteiger partial charge in [0.1, 0.15) is 6.54 Å². The molecule has 0 unspecified atom stereocenters. The standard InChI is InChI=1S/C27H38N2O2/c1-6-12-23-15-18-29(19-16-23)17-9-7-8-10-20-31-26(30)28-27(4,5)25-14-11-13-24(21-25)22(2)3/h11,13-16,18-19,21H,2,6-10,12,17,20H2,1,3-5H3/p+1. The predicted molar refractivity (Wildman–Crippen MR) is 128 cm³/mol. The second kappa shape index (κ2) is 12.3. The Labute approximate surface area is 188 Å². The first-order chi connectivity index (χ1) is 14.8. The maximum Gasteiger partial charge on any atom is 0.407 e. The number of alkyl carbamates (subject to hydrolysis) is 1. The summed E-state index contributed by atoms with van der Waals surface area (Å²) in [6.07, 6.45) is 10.5. The lowest BCUT2D eigenvalue weighted by Crippen LogP contribution is -2.41. The average Bonchev–Trinajstić information content (AvgIpc) is 2.74. The number of rotatable bonds is 12. The van der Waals surface area contributed by atoms with Gasteiger partial charge in [-0.1, -0.05) is 43.7 Å². The van der Waals surface area contributed by atoms with Crippen molar-refractivity contribution in [3.8, 4) is 0 Å². The highest BCUT2D eigenvalue weighted by molar-refractivity contribution is 5.69. The van der Waals surface area contributed by atoms with Gasteiger partial charge < -0.3 is 10.1 Å². The van der Waals surface area contributed by atoms with E-state index in [0.717, 1.165) is 55.3 Å². The number of nitrogens with one attached hydrogen (secondary N) is 1. The van der Waals surface area contributed by atoms with Crippen LogP contribution in [0.4, 0.5) is 4.79 Å². The molecule has 0 saturated heterocycles. The zero-order chi connectivity index (χ0) is 22.7. The Morgan fingerprint density at radius 1 is 1.10 bits per heavy atom. The molecule has 0 atom stereocenters. The third-order valence-corrected chi connectivity index (χ3v) is 5.53. The second-order valence-corrected chi connectivity index (χ2v) is 8.86. The minimum absolute atomic E-state index is 0.367. The van der Waals surface area contributed by atoms with Crippen LogP contribution in [0.15, 0.2) is 55.4 Å². The molecule has 2 rings (SSSR count). The van der Waals surface area contributed by atoms with Gasteiger partial charge in [0.15, 0.2) is 12.4 Å². The van der Waals surface area contributed by atoms with Crippen LogP contribution in [0.1, 0.15) is 76.5 Å². The zero-order valence-electron chi connectivity index (χ0n) is 19.7. The molecule has 2 aromatic rings. The van der Waals surface area contributed by atoms with E-state index in [4.69, 9.17) is 4.74 Å². The first-order valence-electron chi connectivity index (χ1n) is 11.5. The van der Waals surface area contributed by atoms with Gasteiger partial charge in [-0.05, 0) is 69.2 Å². The van der Waals surface area contributed by atoms with Crippen LogP contribution in [0.2, 0.25) is 0 Å². The molecule has 0 radical (unpaired) electrons. The van der Waals surface area contributed by atoms with Crippen LogP contribution in [0.3, 0.4) is 0 Å². The zero-order valence-corrected chi connectivity index (χ0v) is 19.7. The van der Waals surface area contributed by atoms with Crippen molar-refractivity contribution in [3.05, 3.63) is 72.1 Å². The molecular formula is C27H39N2O2+. The highest BCUT2D eigenvalue weighted by Gasteiger charge is 2.23. The van der Waals surface area contributed by atoms with Crippen LogP contribution in [0.5, 0.6) is 0 Å². The predicted octanol–water partition coefficient (Wildman–Crippen LogP) is 6.18. The number of nitrogens with zero attached hydrogens (tertiary/aromatic N) is 1. The lowest BCUT2D eigenvalue weighted by molar-refractivity contribution is -0.697. The molecule has 0 aliphatic heterocycles. The summed E-state index contributed by atoms with van der Waals surface area (Å²) in [6, 6.07) is 12.5. The monoisotopic (exact) mass is 423 g/mol. The number of amides is 1. The lowest BCUT2D eigenvalue weighted by Gasteiger charge is -2.27. The molecule has 0 aliphatic carbocycles. The Kier molecular flexibility index (Phi) is 9.77. The Morgan fingerprint density at radius 3 is 2.48 bits per heavy atom. The van der Waals surface area contributed by atoms with Crippen LogP contribution in [0.25, 0.3) is 5.57 Å². The van der Waals surface area contributed by atoms with Crippen LogP contribution in [0, 0.1) is 0 Å². The summed E-state index contributed by atoms with van der Waals surface area (Å²) in [7, 11) is 0. The number of benzene rings is 1. The van der Waals surface area contributed by atoms with Gasteiger partial charge in [0.25, 0.3) is 0 Å². The summed E-state index contributed by atoms with van der Waals surface area (Å²) in [4.78, 5) is 12.2. The van der Waals surface area contributed by atoms with Crippen LogP contribution in [-0.2, 0) is 23.2 Å². The van der Waals surface area contributed by atoms with Gasteiger partial charge in [0.2, 0.25) is 0 Å². The average molecular weight is 424 g/mol. The first kappa shape index (κ1) is 24.6. The van der Waals surface area contributed by atoms with Gasteiger partial charge in [-0.25, -0.2) is 9.36 Å². The fourth-order valence-corrected chi connectivity index (χ4v) is 3.54. The minimum atomic E-state index is -0.507. The number of allylic oxidation sites excluding steroid dienone is 1. The third-order valence-electron chi connectivity index (χ3n) is 5.53. The van der Waals surface area contributed by atoms with E-state index in [9.17, 15) is 4.79 Å². The first-order valence-corrected chi connectivity index (χ1v) is 11.5.